The van der Waals surface area contributed by atoms with Crippen molar-refractivity contribution in [2.75, 3.05) is 11.9 Å². The van der Waals surface area contributed by atoms with Gasteiger partial charge in [-0.25, -0.2) is 4.79 Å². The highest BCUT2D eigenvalue weighted by atomic mass is 16.5. The number of nitrogens with one attached hydrogen (secondary N) is 1. The summed E-state index contributed by atoms with van der Waals surface area (Å²) in [5.41, 5.74) is 1.24. The van der Waals surface area contributed by atoms with Gasteiger partial charge in [-0.3, -0.25) is 4.79 Å². The van der Waals surface area contributed by atoms with Crippen LogP contribution in [-0.2, 0) is 9.53 Å². The predicted molar refractivity (Wildman–Crippen MR) is 82.2 cm³/mol. The zero-order valence-electron chi connectivity index (χ0n) is 12.6. The maximum absolute atomic E-state index is 11.9. The fourth-order valence-electron chi connectivity index (χ4n) is 2.66. The summed E-state index contributed by atoms with van der Waals surface area (Å²) >= 11 is 0. The predicted octanol–water partition coefficient (Wildman–Crippen LogP) is 3.77. The summed E-state index contributed by atoms with van der Waals surface area (Å²) in [6.45, 7) is 2.38. The van der Waals surface area contributed by atoms with E-state index in [0.717, 1.165) is 24.9 Å². The molecule has 1 saturated carbocycles. The molecule has 1 aliphatic rings. The van der Waals surface area contributed by atoms with Gasteiger partial charge in [0, 0.05) is 12.1 Å². The molecule has 0 aromatic heterocycles. The minimum absolute atomic E-state index is 0.0585. The summed E-state index contributed by atoms with van der Waals surface area (Å²) < 4.78 is 5.06. The lowest BCUT2D eigenvalue weighted by atomic mass is 10.0. The third kappa shape index (κ3) is 4.88. The van der Waals surface area contributed by atoms with Crippen molar-refractivity contribution < 1.29 is 14.3 Å². The Morgan fingerprint density at radius 2 is 1.86 bits per heavy atom. The van der Waals surface area contributed by atoms with E-state index < -0.39 is 0 Å². The third-order valence-corrected chi connectivity index (χ3v) is 3.79. The molecule has 0 atom stereocenters. The molecule has 1 fully saturated rings. The molecule has 1 N–H and O–H groups in total. The monoisotopic (exact) mass is 289 g/mol. The second-order valence-electron chi connectivity index (χ2n) is 5.62. The summed E-state index contributed by atoms with van der Waals surface area (Å²) in [6.07, 6.45) is 6.21. The quantitative estimate of drug-likeness (QED) is 0.811. The van der Waals surface area contributed by atoms with Gasteiger partial charge in [-0.05, 0) is 49.4 Å². The molecule has 4 heteroatoms. The summed E-state index contributed by atoms with van der Waals surface area (Å²) in [7, 11) is 0. The fraction of sp³-hybridized carbons (Fsp3) is 0.529. The smallest absolute Gasteiger partial charge is 0.338 e. The lowest BCUT2D eigenvalue weighted by Gasteiger charge is -2.10. The molecular formula is C17H23NO3. The zero-order chi connectivity index (χ0) is 15.1. The number of carbonyl (C=O) groups is 2. The van der Waals surface area contributed by atoms with Crippen LogP contribution in [0.15, 0.2) is 24.3 Å². The van der Waals surface area contributed by atoms with Crippen LogP contribution in [0.3, 0.4) is 0 Å². The second-order valence-corrected chi connectivity index (χ2v) is 5.62. The van der Waals surface area contributed by atoms with Crippen LogP contribution >= 0.6 is 0 Å². The largest absolute Gasteiger partial charge is 0.462 e. The van der Waals surface area contributed by atoms with Crippen molar-refractivity contribution in [2.24, 2.45) is 5.92 Å². The van der Waals surface area contributed by atoms with Crippen LogP contribution in [0.2, 0.25) is 0 Å². The molecule has 0 radical (unpaired) electrons. The standard InChI is InChI=1S/C17H23NO3/c1-2-11-21-17(20)14-7-9-15(10-8-14)18-16(19)12-13-5-3-4-6-13/h7-10,13H,2-6,11-12H2,1H3,(H,18,19). The van der Waals surface area contributed by atoms with Crippen LogP contribution in [0.1, 0.15) is 55.8 Å². The Balaban J connectivity index is 1.83. The average molecular weight is 289 g/mol. The zero-order valence-corrected chi connectivity index (χ0v) is 12.6. The van der Waals surface area contributed by atoms with E-state index >= 15 is 0 Å². The van der Waals surface area contributed by atoms with Crippen LogP contribution in [-0.4, -0.2) is 18.5 Å². The Labute approximate surface area is 125 Å². The summed E-state index contributed by atoms with van der Waals surface area (Å²) in [6, 6.07) is 6.86. The van der Waals surface area contributed by atoms with Gasteiger partial charge in [0.25, 0.3) is 0 Å². The van der Waals surface area contributed by atoms with E-state index in [1.54, 1.807) is 24.3 Å². The minimum atomic E-state index is -0.319. The van der Waals surface area contributed by atoms with Gasteiger partial charge in [-0.1, -0.05) is 19.8 Å². The molecule has 0 saturated heterocycles. The Kier molecular flexibility index (Phi) is 5.78. The van der Waals surface area contributed by atoms with E-state index in [1.807, 2.05) is 6.92 Å². The first-order valence-electron chi connectivity index (χ1n) is 7.76. The average Bonchev–Trinajstić information content (AvgIpc) is 2.98. The Hall–Kier alpha value is -1.84. The summed E-state index contributed by atoms with van der Waals surface area (Å²) in [4.78, 5) is 23.6. The maximum Gasteiger partial charge on any atom is 0.338 e. The maximum atomic E-state index is 11.9. The summed E-state index contributed by atoms with van der Waals surface area (Å²) in [5, 5.41) is 2.89. The van der Waals surface area contributed by atoms with E-state index in [0.29, 0.717) is 24.5 Å². The molecule has 4 nitrogen and oxygen atoms in total. The number of hydrogen-bond donors (Lipinski definition) is 1. The number of benzene rings is 1. The SMILES string of the molecule is CCCOC(=O)c1ccc(NC(=O)CC2CCCC2)cc1. The van der Waals surface area contributed by atoms with Crippen LogP contribution in [0, 0.1) is 5.92 Å². The van der Waals surface area contributed by atoms with Crippen molar-refractivity contribution in [3.05, 3.63) is 29.8 Å². The number of hydrogen-bond acceptors (Lipinski definition) is 3. The van der Waals surface area contributed by atoms with Crippen molar-refractivity contribution in [3.8, 4) is 0 Å². The van der Waals surface area contributed by atoms with Crippen molar-refractivity contribution in [1.29, 1.82) is 0 Å². The Morgan fingerprint density at radius 3 is 2.48 bits per heavy atom. The highest BCUT2D eigenvalue weighted by molar-refractivity contribution is 5.93. The highest BCUT2D eigenvalue weighted by Gasteiger charge is 2.18. The van der Waals surface area contributed by atoms with E-state index in [4.69, 9.17) is 4.74 Å². The Morgan fingerprint density at radius 1 is 1.19 bits per heavy atom. The van der Waals surface area contributed by atoms with Crippen molar-refractivity contribution >= 4 is 17.6 Å². The summed E-state index contributed by atoms with van der Waals surface area (Å²) in [5.74, 6) is 0.275. The van der Waals surface area contributed by atoms with E-state index in [2.05, 4.69) is 5.32 Å². The van der Waals surface area contributed by atoms with E-state index in [-0.39, 0.29) is 11.9 Å². The van der Waals surface area contributed by atoms with E-state index in [1.165, 1.54) is 12.8 Å². The lowest BCUT2D eigenvalue weighted by molar-refractivity contribution is -0.117. The number of ether oxygens (including phenoxy) is 1. The van der Waals surface area contributed by atoms with Crippen molar-refractivity contribution in [2.45, 2.75) is 45.4 Å². The van der Waals surface area contributed by atoms with Gasteiger partial charge in [-0.15, -0.1) is 0 Å². The van der Waals surface area contributed by atoms with Gasteiger partial charge in [0.2, 0.25) is 5.91 Å². The molecule has 21 heavy (non-hydrogen) atoms. The number of esters is 1. The molecule has 1 aromatic rings. The number of anilines is 1. The van der Waals surface area contributed by atoms with Gasteiger partial charge in [-0.2, -0.15) is 0 Å². The lowest BCUT2D eigenvalue weighted by Crippen LogP contribution is -2.15. The number of amides is 1. The first kappa shape index (κ1) is 15.5. The Bertz CT molecular complexity index is 475. The molecule has 1 aliphatic carbocycles. The molecular weight excluding hydrogens is 266 g/mol. The highest BCUT2D eigenvalue weighted by Crippen LogP contribution is 2.27. The topological polar surface area (TPSA) is 55.4 Å². The first-order valence-corrected chi connectivity index (χ1v) is 7.76. The van der Waals surface area contributed by atoms with Crippen LogP contribution in [0.4, 0.5) is 5.69 Å². The number of rotatable bonds is 6. The molecule has 1 amide bonds. The van der Waals surface area contributed by atoms with Gasteiger partial charge in [0.1, 0.15) is 0 Å². The molecule has 1 aromatic carbocycles. The van der Waals surface area contributed by atoms with Crippen LogP contribution in [0.25, 0.3) is 0 Å². The van der Waals surface area contributed by atoms with E-state index in [9.17, 15) is 9.59 Å². The second kappa shape index (κ2) is 7.81. The third-order valence-electron chi connectivity index (χ3n) is 3.79. The molecule has 0 bridgehead atoms. The first-order chi connectivity index (χ1) is 10.2. The minimum Gasteiger partial charge on any atom is -0.462 e. The molecule has 114 valence electrons. The molecule has 0 heterocycles. The van der Waals surface area contributed by atoms with Crippen LogP contribution in [0.5, 0.6) is 0 Å². The van der Waals surface area contributed by atoms with Gasteiger partial charge < -0.3 is 10.1 Å². The van der Waals surface area contributed by atoms with Crippen LogP contribution < -0.4 is 5.32 Å². The van der Waals surface area contributed by atoms with Gasteiger partial charge in [0.15, 0.2) is 0 Å². The van der Waals surface area contributed by atoms with Crippen molar-refractivity contribution in [1.82, 2.24) is 0 Å². The normalized spacial score (nSPS) is 14.9. The van der Waals surface area contributed by atoms with Crippen molar-refractivity contribution in [3.63, 3.8) is 0 Å². The molecule has 0 aliphatic heterocycles. The fourth-order valence-corrected chi connectivity index (χ4v) is 2.66. The molecule has 2 rings (SSSR count). The molecule has 0 spiro atoms. The number of carbonyl (C=O) groups excluding carboxylic acids is 2. The van der Waals surface area contributed by atoms with Gasteiger partial charge in [0.05, 0.1) is 12.2 Å². The molecule has 0 unspecified atom stereocenters. The van der Waals surface area contributed by atoms with Gasteiger partial charge >= 0.3 is 5.97 Å².